The van der Waals surface area contributed by atoms with E-state index in [-0.39, 0.29) is 28.0 Å². The molecule has 1 atom stereocenters. The van der Waals surface area contributed by atoms with Crippen molar-refractivity contribution in [2.45, 2.75) is 168 Å². The summed E-state index contributed by atoms with van der Waals surface area (Å²) in [6.07, 6.45) is 13.6. The van der Waals surface area contributed by atoms with Crippen LogP contribution in [0.15, 0.2) is 0 Å². The number of nitrogens with zero attached hydrogens (tertiary/aromatic N) is 3. The van der Waals surface area contributed by atoms with Crippen molar-refractivity contribution in [2.24, 2.45) is 17.3 Å². The second-order valence-corrected chi connectivity index (χ2v) is 22.8. The standard InChI is InChI=1S/C37H69N3O4Si/c1-11-12-13-31-32(41)39(28-29-14-16-30(17-15-29)44-45(9,10)35(5,6)7)25-20-37(31)21-26-40(27-22-37)36(8)18-23-38(24-19-36)33(42)43-34(2,3)4/h29-31H,11-28H2,1-10H3. The van der Waals surface area contributed by atoms with Crippen molar-refractivity contribution < 1.29 is 18.8 Å². The van der Waals surface area contributed by atoms with Gasteiger partial charge < -0.3 is 19.0 Å². The Morgan fingerprint density at radius 1 is 0.889 bits per heavy atom. The molecule has 3 aliphatic heterocycles. The molecule has 0 aromatic carbocycles. The van der Waals surface area contributed by atoms with Crippen LogP contribution in [0.4, 0.5) is 4.79 Å². The molecule has 8 heteroatoms. The monoisotopic (exact) mass is 648 g/mol. The Morgan fingerprint density at radius 2 is 1.47 bits per heavy atom. The van der Waals surface area contributed by atoms with Gasteiger partial charge in [0.2, 0.25) is 5.91 Å². The number of carbonyl (C=O) groups excluding carboxylic acids is 2. The number of carbonyl (C=O) groups is 2. The predicted molar refractivity (Wildman–Crippen MR) is 187 cm³/mol. The Labute approximate surface area is 277 Å². The summed E-state index contributed by atoms with van der Waals surface area (Å²) >= 11 is 0. The van der Waals surface area contributed by atoms with Gasteiger partial charge >= 0.3 is 6.09 Å². The van der Waals surface area contributed by atoms with Crippen LogP contribution in [0.2, 0.25) is 18.1 Å². The zero-order valence-electron chi connectivity index (χ0n) is 30.9. The Hall–Kier alpha value is -1.12. The van der Waals surface area contributed by atoms with E-state index >= 15 is 0 Å². The first-order valence-electron chi connectivity index (χ1n) is 18.6. The molecule has 3 heterocycles. The van der Waals surface area contributed by atoms with E-state index in [1.54, 1.807) is 0 Å². The van der Waals surface area contributed by atoms with Crippen LogP contribution >= 0.6 is 0 Å². The van der Waals surface area contributed by atoms with Crippen LogP contribution < -0.4 is 0 Å². The van der Waals surface area contributed by atoms with Gasteiger partial charge in [0.1, 0.15) is 5.60 Å². The topological polar surface area (TPSA) is 62.3 Å². The number of amides is 2. The molecule has 2 amide bonds. The van der Waals surface area contributed by atoms with Gasteiger partial charge in [-0.15, -0.1) is 0 Å². The molecule has 7 nitrogen and oxygen atoms in total. The third kappa shape index (κ3) is 8.87. The Bertz CT molecular complexity index is 994. The first-order chi connectivity index (χ1) is 20.9. The third-order valence-electron chi connectivity index (χ3n) is 12.6. The van der Waals surface area contributed by atoms with Crippen molar-refractivity contribution in [1.82, 2.24) is 14.7 Å². The molecular weight excluding hydrogens is 579 g/mol. The van der Waals surface area contributed by atoms with E-state index in [0.717, 1.165) is 103 Å². The molecule has 4 rings (SSSR count). The maximum absolute atomic E-state index is 14.2. The lowest BCUT2D eigenvalue weighted by molar-refractivity contribution is -0.152. The quantitative estimate of drug-likeness (QED) is 0.247. The summed E-state index contributed by atoms with van der Waals surface area (Å²) in [6.45, 7) is 27.7. The van der Waals surface area contributed by atoms with Crippen LogP contribution in [0.1, 0.15) is 132 Å². The minimum atomic E-state index is -1.74. The van der Waals surface area contributed by atoms with E-state index < -0.39 is 13.9 Å². The van der Waals surface area contributed by atoms with Crippen LogP contribution in [0, 0.1) is 17.3 Å². The Morgan fingerprint density at radius 3 is 2.00 bits per heavy atom. The molecule has 45 heavy (non-hydrogen) atoms. The van der Waals surface area contributed by atoms with Gasteiger partial charge in [0, 0.05) is 43.7 Å². The zero-order valence-corrected chi connectivity index (χ0v) is 31.9. The second-order valence-electron chi connectivity index (χ2n) is 18.1. The van der Waals surface area contributed by atoms with Gasteiger partial charge in [-0.1, -0.05) is 40.5 Å². The molecule has 1 saturated carbocycles. The Balaban J connectivity index is 1.30. The van der Waals surface area contributed by atoms with Crippen molar-refractivity contribution in [2.75, 3.05) is 39.3 Å². The van der Waals surface area contributed by atoms with Gasteiger partial charge in [-0.05, 0) is 134 Å². The highest BCUT2D eigenvalue weighted by Crippen LogP contribution is 2.50. The fraction of sp³-hybridized carbons (Fsp3) is 0.946. The summed E-state index contributed by atoms with van der Waals surface area (Å²) in [5.41, 5.74) is -0.197. The summed E-state index contributed by atoms with van der Waals surface area (Å²) < 4.78 is 12.4. The molecule has 0 aromatic heterocycles. The molecule has 0 N–H and O–H groups in total. The highest BCUT2D eigenvalue weighted by molar-refractivity contribution is 6.74. The van der Waals surface area contributed by atoms with Gasteiger partial charge in [-0.2, -0.15) is 0 Å². The van der Waals surface area contributed by atoms with Crippen LogP contribution in [-0.2, 0) is 14.0 Å². The number of hydrogen-bond acceptors (Lipinski definition) is 5. The van der Waals surface area contributed by atoms with E-state index in [0.29, 0.717) is 17.9 Å². The van der Waals surface area contributed by atoms with E-state index in [1.165, 1.54) is 12.8 Å². The largest absolute Gasteiger partial charge is 0.444 e. The fourth-order valence-electron chi connectivity index (χ4n) is 8.39. The number of piperidine rings is 3. The molecule has 0 radical (unpaired) electrons. The normalized spacial score (nSPS) is 28.4. The van der Waals surface area contributed by atoms with Crippen molar-refractivity contribution in [3.63, 3.8) is 0 Å². The Kier molecular flexibility index (Phi) is 11.5. The average molecular weight is 648 g/mol. The lowest BCUT2D eigenvalue weighted by Gasteiger charge is -2.55. The maximum Gasteiger partial charge on any atom is 0.410 e. The summed E-state index contributed by atoms with van der Waals surface area (Å²) in [7, 11) is -1.74. The first kappa shape index (κ1) is 36.7. The summed E-state index contributed by atoms with van der Waals surface area (Å²) in [5.74, 6) is 1.25. The van der Waals surface area contributed by atoms with Gasteiger partial charge in [0.15, 0.2) is 8.32 Å². The number of unbranched alkanes of at least 4 members (excludes halogenated alkanes) is 1. The van der Waals surface area contributed by atoms with E-state index in [4.69, 9.17) is 9.16 Å². The lowest BCUT2D eigenvalue weighted by Crippen LogP contribution is -2.61. The molecule has 0 aromatic rings. The van der Waals surface area contributed by atoms with Gasteiger partial charge in [-0.3, -0.25) is 9.69 Å². The van der Waals surface area contributed by atoms with Crippen LogP contribution in [0.25, 0.3) is 0 Å². The van der Waals surface area contributed by atoms with Gasteiger partial charge in [0.05, 0.1) is 0 Å². The molecule has 1 spiro atoms. The van der Waals surface area contributed by atoms with E-state index in [2.05, 4.69) is 57.5 Å². The molecular formula is C37H69N3O4Si. The number of rotatable bonds is 8. The van der Waals surface area contributed by atoms with E-state index in [1.807, 2.05) is 25.7 Å². The third-order valence-corrected chi connectivity index (χ3v) is 17.2. The lowest BCUT2D eigenvalue weighted by atomic mass is 9.62. The predicted octanol–water partition coefficient (Wildman–Crippen LogP) is 8.48. The van der Waals surface area contributed by atoms with Crippen LogP contribution in [0.5, 0.6) is 0 Å². The summed E-state index contributed by atoms with van der Waals surface area (Å²) in [6, 6.07) is 0. The SMILES string of the molecule is CCCCC1C(=O)N(CC2CCC(O[Si](C)(C)C(C)(C)C)CC2)CCC12CCN(C1(C)CCN(C(=O)OC(C)(C)C)CC1)CC2. The first-order valence-corrected chi connectivity index (χ1v) is 21.5. The van der Waals surface area contributed by atoms with Crippen molar-refractivity contribution >= 4 is 20.3 Å². The van der Waals surface area contributed by atoms with Gasteiger partial charge in [0.25, 0.3) is 0 Å². The smallest absolute Gasteiger partial charge is 0.410 e. The molecule has 3 saturated heterocycles. The molecule has 4 fully saturated rings. The van der Waals surface area contributed by atoms with Crippen molar-refractivity contribution in [1.29, 1.82) is 0 Å². The molecule has 260 valence electrons. The van der Waals surface area contributed by atoms with Crippen molar-refractivity contribution in [3.05, 3.63) is 0 Å². The maximum atomic E-state index is 14.2. The van der Waals surface area contributed by atoms with Crippen molar-refractivity contribution in [3.8, 4) is 0 Å². The molecule has 4 aliphatic rings. The number of hydrogen-bond donors (Lipinski definition) is 0. The summed E-state index contributed by atoms with van der Waals surface area (Å²) in [4.78, 5) is 33.8. The fourth-order valence-corrected chi connectivity index (χ4v) is 9.81. The number of likely N-dealkylation sites (tertiary alicyclic amines) is 3. The van der Waals surface area contributed by atoms with Gasteiger partial charge in [-0.25, -0.2) is 4.79 Å². The minimum absolute atomic E-state index is 0.108. The summed E-state index contributed by atoms with van der Waals surface area (Å²) in [5, 5.41) is 0.251. The highest BCUT2D eigenvalue weighted by atomic mass is 28.4. The molecule has 1 aliphatic carbocycles. The number of ether oxygens (including phenoxy) is 1. The highest BCUT2D eigenvalue weighted by Gasteiger charge is 2.51. The molecule has 0 bridgehead atoms. The van der Waals surface area contributed by atoms with Crippen LogP contribution in [0.3, 0.4) is 0 Å². The zero-order chi connectivity index (χ0) is 33.3. The van der Waals surface area contributed by atoms with Crippen LogP contribution in [-0.4, -0.2) is 91.5 Å². The average Bonchev–Trinajstić information content (AvgIpc) is 2.94. The molecule has 1 unspecified atom stereocenters. The minimum Gasteiger partial charge on any atom is -0.444 e. The second kappa shape index (κ2) is 14.2. The van der Waals surface area contributed by atoms with E-state index in [9.17, 15) is 9.59 Å².